The Morgan fingerprint density at radius 3 is 0.495 bits per heavy atom. The lowest BCUT2D eigenvalue weighted by atomic mass is 9.82. The second-order valence-corrected chi connectivity index (χ2v) is 36.8. The fourth-order valence-corrected chi connectivity index (χ4v) is 13.3. The molecule has 0 radical (unpaired) electrons. The van der Waals surface area contributed by atoms with Gasteiger partial charge in [0, 0.05) is 0 Å². The van der Waals surface area contributed by atoms with Crippen molar-refractivity contribution in [1.29, 1.82) is 0 Å². The minimum absolute atomic E-state index is 0. The van der Waals surface area contributed by atoms with Crippen LogP contribution in [0.1, 0.15) is 544 Å². The van der Waals surface area contributed by atoms with Crippen LogP contribution in [0.25, 0.3) is 0 Å². The van der Waals surface area contributed by atoms with Crippen molar-refractivity contribution in [3.63, 3.8) is 0 Å². The van der Waals surface area contributed by atoms with E-state index in [0.717, 1.165) is 122 Å². The van der Waals surface area contributed by atoms with Crippen LogP contribution in [0.5, 0.6) is 0 Å². The predicted molar refractivity (Wildman–Crippen MR) is 492 cm³/mol. The Morgan fingerprint density at radius 2 is 0.333 bits per heavy atom. The molecule has 6 aliphatic carbocycles. The summed E-state index contributed by atoms with van der Waals surface area (Å²) in [5.74, 6) is -0.173. The van der Waals surface area contributed by atoms with Gasteiger partial charge in [0.15, 0.2) is 0 Å². The van der Waals surface area contributed by atoms with Gasteiger partial charge in [-0.05, 0) is 317 Å². The molecule has 6 fully saturated rings. The molecule has 0 atom stereocenters. The summed E-state index contributed by atoms with van der Waals surface area (Å²) in [6.07, 6.45) is 51.4. The number of hydrogen-bond donors (Lipinski definition) is 0. The number of rotatable bonds is 18. The third kappa shape index (κ3) is 50.9. The van der Waals surface area contributed by atoms with Crippen molar-refractivity contribution in [3.8, 4) is 0 Å². The highest BCUT2D eigenvalue weighted by Gasteiger charge is 2.43. The van der Waals surface area contributed by atoms with E-state index >= 15 is 0 Å². The lowest BCUT2D eigenvalue weighted by Gasteiger charge is -2.38. The van der Waals surface area contributed by atoms with Crippen LogP contribution >= 0.6 is 0 Å². The first-order chi connectivity index (χ1) is 45.9. The summed E-state index contributed by atoms with van der Waals surface area (Å²) in [5, 5.41) is 0. The van der Waals surface area contributed by atoms with Gasteiger partial charge in [0.05, 0.1) is 32.5 Å². The monoisotopic (exact) mass is 1590 g/mol. The number of carbonyl (C=O) groups is 6. The highest BCUT2D eigenvalue weighted by Crippen LogP contribution is 2.42. The summed E-state index contributed by atoms with van der Waals surface area (Å²) >= 11 is 0. The third-order valence-electron chi connectivity index (χ3n) is 24.2. The zero-order chi connectivity index (χ0) is 75.5. The summed E-state index contributed by atoms with van der Waals surface area (Å²) in [5.41, 5.74) is -3.21. The summed E-state index contributed by atoms with van der Waals surface area (Å²) in [7, 11) is 0. The lowest BCUT2D eigenvalue weighted by molar-refractivity contribution is -0.175. The molecule has 0 aliphatic heterocycles. The van der Waals surface area contributed by atoms with Gasteiger partial charge in [-0.15, -0.1) is 0 Å². The molecule has 0 heterocycles. The van der Waals surface area contributed by atoms with E-state index in [2.05, 4.69) is 48.5 Å². The van der Waals surface area contributed by atoms with Crippen molar-refractivity contribution in [3.05, 3.63) is 0 Å². The highest BCUT2D eigenvalue weighted by atomic mass is 16.6. The van der Waals surface area contributed by atoms with Crippen LogP contribution in [-0.4, -0.2) is 69.4 Å². The van der Waals surface area contributed by atoms with E-state index in [1.807, 2.05) is 118 Å². The maximum absolute atomic E-state index is 12.3. The van der Waals surface area contributed by atoms with E-state index < -0.39 is 5.41 Å². The van der Waals surface area contributed by atoms with Crippen LogP contribution in [0, 0.1) is 32.5 Å². The van der Waals surface area contributed by atoms with Crippen LogP contribution in [0.4, 0.5) is 0 Å². The smallest absolute Gasteiger partial charge is 0.312 e. The third-order valence-corrected chi connectivity index (χ3v) is 24.2. The topological polar surface area (TPSA) is 158 Å². The molecule has 0 spiro atoms. The second kappa shape index (κ2) is 63.0. The van der Waals surface area contributed by atoms with Crippen LogP contribution in [0.3, 0.4) is 0 Å². The normalized spacial score (nSPS) is 18.9. The van der Waals surface area contributed by atoms with Crippen molar-refractivity contribution in [2.75, 3.05) is 0 Å². The Bertz CT molecular complexity index is 2270. The van der Waals surface area contributed by atoms with E-state index in [9.17, 15) is 28.8 Å². The van der Waals surface area contributed by atoms with Crippen LogP contribution in [-0.2, 0) is 57.2 Å². The summed E-state index contributed by atoms with van der Waals surface area (Å²) in [6.45, 7) is 48.4. The van der Waals surface area contributed by atoms with Crippen molar-refractivity contribution in [1.82, 2.24) is 0 Å². The zero-order valence-corrected chi connectivity index (χ0v) is 69.7. The number of ether oxygens (including phenoxy) is 6. The molecule has 0 bridgehead atoms. The molecular formula is C99H210O12. The van der Waals surface area contributed by atoms with Gasteiger partial charge in [-0.2, -0.15) is 0 Å². The van der Waals surface area contributed by atoms with E-state index in [1.165, 1.54) is 167 Å². The first-order valence-electron chi connectivity index (χ1n) is 41.3. The molecular weight excluding hydrogens is 1380 g/mol. The predicted octanol–water partition coefficient (Wildman–Crippen LogP) is 33.3. The number of esters is 6. The van der Waals surface area contributed by atoms with Crippen molar-refractivity contribution < 1.29 is 57.2 Å². The van der Waals surface area contributed by atoms with E-state index in [0.29, 0.717) is 0 Å². The minimum Gasteiger partial charge on any atom is -0.459 e. The number of hydrogen-bond acceptors (Lipinski definition) is 12. The Labute approximate surface area is 699 Å². The molecule has 6 rings (SSSR count). The standard InChI is InChI=1S/C18H34O2.C17H32O2.C14H26O2.2C13H24O2.C12H22O2.12CH4/c1-17(2,3)16(19)20-18(4)14-12-10-8-6-5-7-9-11-13-15-18;1-5-16(2,3)15(18)19-17(4)13-11-9-7-6-8-10-12-14-17;1-5-13(3,4)12(15)16-14(6-2)10-8-7-9-11-14;1-5-12(2,3)11(14)15-13(4)9-7-6-8-10-13;1-5-12(3,4)11(14)15-13(6-2)9-7-8-10-13;1-5-11(2,3)10(13)14-12(4)8-6-7-9-12;;;;;;;;;;;;/h5-15H2,1-4H3;5-14H2,1-4H3;5-11H2,1-4H3;2*5-10H2,1-4H3;5-9H2,1-4H3;12*1H4. The maximum atomic E-state index is 12.3. The Kier molecular flexibility index (Phi) is 76.0. The molecule has 0 N–H and O–H groups in total. The van der Waals surface area contributed by atoms with Crippen LogP contribution in [0.2, 0.25) is 0 Å². The van der Waals surface area contributed by atoms with Crippen LogP contribution < -0.4 is 0 Å². The molecule has 0 unspecified atom stereocenters. The van der Waals surface area contributed by atoms with Gasteiger partial charge in [0.1, 0.15) is 33.6 Å². The van der Waals surface area contributed by atoms with Gasteiger partial charge in [0.25, 0.3) is 0 Å². The average molecular weight is 1590 g/mol. The van der Waals surface area contributed by atoms with Crippen molar-refractivity contribution in [2.24, 2.45) is 32.5 Å². The Balaban J connectivity index is -0.000000104. The number of carbonyl (C=O) groups excluding carboxylic acids is 6. The van der Waals surface area contributed by atoms with Gasteiger partial charge in [-0.25, -0.2) is 0 Å². The molecule has 0 aromatic heterocycles. The lowest BCUT2D eigenvalue weighted by Crippen LogP contribution is -2.40. The fraction of sp³-hybridized carbons (Fsp3) is 0.939. The SMILES string of the molecule is C.C.C.C.C.C.C.C.C.C.C.C.CC1(OC(=O)C(C)(C)C)CCCCCCCCCCC1.CCC(C)(C)C(=O)OC1(C)CCCC1.CCC(C)(C)C(=O)OC1(C)CCCCC1.CCC(C)(C)C(=O)OC1(C)CCCCCCCCC1.CCC1(OC(=O)C(C)(C)CC)CCCC1.CCC1(OC(=O)C(C)(C)CC)CCCCC1. The quantitative estimate of drug-likeness (QED) is 0.0946. The van der Waals surface area contributed by atoms with E-state index in [-0.39, 0.29) is 186 Å². The highest BCUT2D eigenvalue weighted by molar-refractivity contribution is 5.78. The molecule has 0 amide bonds. The van der Waals surface area contributed by atoms with Gasteiger partial charge in [-0.1, -0.05) is 227 Å². The molecule has 111 heavy (non-hydrogen) atoms. The first-order valence-corrected chi connectivity index (χ1v) is 41.3. The maximum Gasteiger partial charge on any atom is 0.312 e. The van der Waals surface area contributed by atoms with E-state index in [4.69, 9.17) is 28.4 Å². The molecule has 12 heteroatoms. The summed E-state index contributed by atoms with van der Waals surface area (Å²) in [4.78, 5) is 72.4. The van der Waals surface area contributed by atoms with Gasteiger partial charge < -0.3 is 28.4 Å². The summed E-state index contributed by atoms with van der Waals surface area (Å²) in [6, 6.07) is 0. The van der Waals surface area contributed by atoms with Gasteiger partial charge >= 0.3 is 35.8 Å². The Morgan fingerprint density at radius 1 is 0.207 bits per heavy atom. The van der Waals surface area contributed by atoms with Gasteiger partial charge in [-0.3, -0.25) is 28.8 Å². The average Bonchev–Trinajstić information content (AvgIpc) is 1.79. The summed E-state index contributed by atoms with van der Waals surface area (Å²) < 4.78 is 34.8. The molecule has 6 aliphatic rings. The van der Waals surface area contributed by atoms with E-state index in [1.54, 1.807) is 0 Å². The van der Waals surface area contributed by atoms with Crippen molar-refractivity contribution in [2.45, 2.75) is 578 Å². The first kappa shape index (κ1) is 134. The molecule has 12 nitrogen and oxygen atoms in total. The van der Waals surface area contributed by atoms with Crippen molar-refractivity contribution >= 4 is 35.8 Å². The largest absolute Gasteiger partial charge is 0.459 e. The molecule has 6 saturated carbocycles. The fourth-order valence-electron chi connectivity index (χ4n) is 13.3. The molecule has 0 saturated heterocycles. The minimum atomic E-state index is -0.396. The Hall–Kier alpha value is -3.18. The molecule has 0 aromatic carbocycles. The van der Waals surface area contributed by atoms with Gasteiger partial charge in [0.2, 0.25) is 0 Å². The zero-order valence-electron chi connectivity index (χ0n) is 69.7. The molecule has 0 aromatic rings. The molecule has 678 valence electrons. The second-order valence-electron chi connectivity index (χ2n) is 36.8. The van der Waals surface area contributed by atoms with Crippen LogP contribution in [0.15, 0.2) is 0 Å².